The van der Waals surface area contributed by atoms with Crippen molar-refractivity contribution in [3.63, 3.8) is 0 Å². The van der Waals surface area contributed by atoms with Crippen molar-refractivity contribution in [1.29, 1.82) is 0 Å². The summed E-state index contributed by atoms with van der Waals surface area (Å²) in [5, 5.41) is 5.14. The fourth-order valence-corrected chi connectivity index (χ4v) is 2.80. The molecule has 0 saturated heterocycles. The molecule has 1 heterocycles. The van der Waals surface area contributed by atoms with Gasteiger partial charge in [0.15, 0.2) is 5.17 Å². The van der Waals surface area contributed by atoms with Crippen molar-refractivity contribution >= 4 is 40.9 Å². The van der Waals surface area contributed by atoms with Crippen molar-refractivity contribution in [1.82, 2.24) is 10.2 Å². The lowest BCUT2D eigenvalue weighted by Crippen LogP contribution is -2.42. The molecule has 0 spiro atoms. The maximum absolute atomic E-state index is 5.87. The molecular formula is C14H21Cl2N3OS. The highest BCUT2D eigenvalue weighted by molar-refractivity contribution is 8.13. The second kappa shape index (κ2) is 10.3. The van der Waals surface area contributed by atoms with E-state index in [1.165, 1.54) is 5.56 Å². The van der Waals surface area contributed by atoms with Crippen LogP contribution >= 0.6 is 35.8 Å². The van der Waals surface area contributed by atoms with Gasteiger partial charge in [0.1, 0.15) is 0 Å². The smallest absolute Gasteiger partial charge is 0.159 e. The third kappa shape index (κ3) is 6.89. The van der Waals surface area contributed by atoms with Crippen molar-refractivity contribution in [3.05, 3.63) is 34.9 Å². The van der Waals surface area contributed by atoms with E-state index >= 15 is 0 Å². The molecule has 2 rings (SSSR count). The Balaban J connectivity index is 0.00000220. The molecule has 1 aliphatic heterocycles. The monoisotopic (exact) mass is 349 g/mol. The molecule has 1 aromatic carbocycles. The number of benzene rings is 1. The first-order valence-corrected chi connectivity index (χ1v) is 8.01. The van der Waals surface area contributed by atoms with Gasteiger partial charge < -0.3 is 10.1 Å². The maximum atomic E-state index is 5.87. The van der Waals surface area contributed by atoms with Crippen molar-refractivity contribution in [2.75, 3.05) is 33.6 Å². The molecule has 1 aliphatic rings. The lowest BCUT2D eigenvalue weighted by molar-refractivity contribution is 0.170. The van der Waals surface area contributed by atoms with Crippen LogP contribution in [-0.4, -0.2) is 43.7 Å². The van der Waals surface area contributed by atoms with Crippen LogP contribution in [0.4, 0.5) is 0 Å². The largest absolute Gasteiger partial charge is 0.385 e. The van der Waals surface area contributed by atoms with Gasteiger partial charge in [-0.05, 0) is 24.1 Å². The summed E-state index contributed by atoms with van der Waals surface area (Å²) in [6.45, 7) is 3.44. The molecule has 0 unspecified atom stereocenters. The van der Waals surface area contributed by atoms with Crippen molar-refractivity contribution in [3.8, 4) is 0 Å². The van der Waals surface area contributed by atoms with Crippen LogP contribution in [0.3, 0.4) is 0 Å². The lowest BCUT2D eigenvalue weighted by Gasteiger charge is -2.26. The van der Waals surface area contributed by atoms with Crippen LogP contribution in [0.15, 0.2) is 29.3 Å². The molecule has 118 valence electrons. The number of amidine groups is 1. The Morgan fingerprint density at radius 1 is 1.38 bits per heavy atom. The zero-order valence-corrected chi connectivity index (χ0v) is 14.4. The number of methoxy groups -OCH3 is 1. The summed E-state index contributed by atoms with van der Waals surface area (Å²) in [7, 11) is 1.73. The van der Waals surface area contributed by atoms with E-state index in [1.807, 2.05) is 12.1 Å². The maximum Gasteiger partial charge on any atom is 0.159 e. The first kappa shape index (κ1) is 18.6. The molecule has 0 amide bonds. The number of nitrogens with one attached hydrogen (secondary N) is 1. The Hall–Kier alpha value is -0.460. The van der Waals surface area contributed by atoms with Gasteiger partial charge in [0.2, 0.25) is 0 Å². The van der Waals surface area contributed by atoms with Crippen LogP contribution in [0.2, 0.25) is 5.02 Å². The van der Waals surface area contributed by atoms with Crippen LogP contribution in [0.5, 0.6) is 0 Å². The minimum Gasteiger partial charge on any atom is -0.385 e. The first-order valence-electron chi connectivity index (χ1n) is 6.65. The molecule has 1 N–H and O–H groups in total. The van der Waals surface area contributed by atoms with E-state index in [4.69, 9.17) is 16.3 Å². The van der Waals surface area contributed by atoms with Gasteiger partial charge in [0.05, 0.1) is 13.3 Å². The summed E-state index contributed by atoms with van der Waals surface area (Å²) >= 11 is 7.60. The van der Waals surface area contributed by atoms with Crippen molar-refractivity contribution in [2.24, 2.45) is 4.99 Å². The van der Waals surface area contributed by atoms with Crippen molar-refractivity contribution in [2.45, 2.75) is 12.2 Å². The average Bonchev–Trinajstić information content (AvgIpc) is 2.48. The van der Waals surface area contributed by atoms with Gasteiger partial charge in [-0.1, -0.05) is 35.5 Å². The topological polar surface area (TPSA) is 36.9 Å². The van der Waals surface area contributed by atoms with Crippen LogP contribution in [0.1, 0.15) is 12.0 Å². The number of halogens is 2. The van der Waals surface area contributed by atoms with Crippen LogP contribution in [0.25, 0.3) is 0 Å². The zero-order chi connectivity index (χ0) is 14.2. The van der Waals surface area contributed by atoms with E-state index in [0.29, 0.717) is 0 Å². The number of hydrogen-bond donors (Lipinski definition) is 1. The Labute approximate surface area is 141 Å². The second-order valence-electron chi connectivity index (χ2n) is 4.60. The number of thioether (sulfide) groups is 1. The minimum atomic E-state index is 0. The Morgan fingerprint density at radius 2 is 2.14 bits per heavy atom. The summed E-state index contributed by atoms with van der Waals surface area (Å²) < 4.78 is 5.05. The molecule has 0 bridgehead atoms. The predicted octanol–water partition coefficient (Wildman–Crippen LogP) is 3.21. The second-order valence-corrected chi connectivity index (χ2v) is 6.00. The molecule has 1 aromatic rings. The Morgan fingerprint density at radius 3 is 2.76 bits per heavy atom. The normalized spacial score (nSPS) is 15.0. The Bertz CT molecular complexity index is 442. The molecular weight excluding hydrogens is 329 g/mol. The lowest BCUT2D eigenvalue weighted by atomic mass is 10.2. The summed E-state index contributed by atoms with van der Waals surface area (Å²) in [6.07, 6.45) is 1.04. The van der Waals surface area contributed by atoms with E-state index in [0.717, 1.165) is 48.9 Å². The number of ether oxygens (including phenoxy) is 1. The molecule has 7 heteroatoms. The molecule has 0 fully saturated rings. The molecule has 0 aliphatic carbocycles. The van der Waals surface area contributed by atoms with Gasteiger partial charge in [-0.25, -0.2) is 4.99 Å². The quantitative estimate of drug-likeness (QED) is 0.800. The van der Waals surface area contributed by atoms with E-state index in [9.17, 15) is 0 Å². The SMILES string of the molecule is COCCCN1CN=C(SCc2ccc(Cl)cc2)NC1.Cl. The molecule has 4 nitrogen and oxygen atoms in total. The average molecular weight is 350 g/mol. The third-order valence-electron chi connectivity index (χ3n) is 2.98. The number of aliphatic imine (C=N–C) groups is 1. The summed E-state index contributed by atoms with van der Waals surface area (Å²) in [5.74, 6) is 0.909. The Kier molecular flexibility index (Phi) is 9.11. The van der Waals surface area contributed by atoms with E-state index in [1.54, 1.807) is 18.9 Å². The number of hydrogen-bond acceptors (Lipinski definition) is 5. The molecule has 0 aromatic heterocycles. The molecule has 0 atom stereocenters. The number of rotatable bonds is 6. The highest BCUT2D eigenvalue weighted by Crippen LogP contribution is 2.17. The van der Waals surface area contributed by atoms with Gasteiger partial charge in [-0.2, -0.15) is 0 Å². The van der Waals surface area contributed by atoms with Gasteiger partial charge in [-0.3, -0.25) is 4.90 Å². The number of nitrogens with zero attached hydrogens (tertiary/aromatic N) is 2. The predicted molar refractivity (Wildman–Crippen MR) is 93.5 cm³/mol. The van der Waals surface area contributed by atoms with Gasteiger partial charge in [0.25, 0.3) is 0 Å². The van der Waals surface area contributed by atoms with Gasteiger partial charge in [-0.15, -0.1) is 12.4 Å². The standard InChI is InChI=1S/C14H20ClN3OS.ClH/c1-19-8-2-7-18-10-16-14(17-11-18)20-9-12-3-5-13(15)6-4-12;/h3-6H,2,7-11H2,1H3,(H,16,17);1H. The van der Waals surface area contributed by atoms with E-state index in [-0.39, 0.29) is 12.4 Å². The van der Waals surface area contributed by atoms with Crippen LogP contribution < -0.4 is 5.32 Å². The first-order chi connectivity index (χ1) is 9.78. The van der Waals surface area contributed by atoms with Crippen LogP contribution in [0, 0.1) is 0 Å². The van der Waals surface area contributed by atoms with Gasteiger partial charge >= 0.3 is 0 Å². The van der Waals surface area contributed by atoms with Crippen LogP contribution in [-0.2, 0) is 10.5 Å². The summed E-state index contributed by atoms with van der Waals surface area (Å²) in [4.78, 5) is 6.82. The zero-order valence-electron chi connectivity index (χ0n) is 12.0. The van der Waals surface area contributed by atoms with E-state index in [2.05, 4.69) is 27.3 Å². The minimum absolute atomic E-state index is 0. The highest BCUT2D eigenvalue weighted by Gasteiger charge is 2.11. The summed E-state index contributed by atoms with van der Waals surface area (Å²) in [6, 6.07) is 7.95. The van der Waals surface area contributed by atoms with Crippen molar-refractivity contribution < 1.29 is 4.74 Å². The fraction of sp³-hybridized carbons (Fsp3) is 0.500. The molecule has 0 radical (unpaired) electrons. The molecule has 0 saturated carbocycles. The third-order valence-corrected chi connectivity index (χ3v) is 4.26. The van der Waals surface area contributed by atoms with Gasteiger partial charge in [0, 0.05) is 31.0 Å². The fourth-order valence-electron chi connectivity index (χ4n) is 1.86. The molecule has 21 heavy (non-hydrogen) atoms. The highest BCUT2D eigenvalue weighted by atomic mass is 35.5. The van der Waals surface area contributed by atoms with E-state index < -0.39 is 0 Å². The summed E-state index contributed by atoms with van der Waals surface area (Å²) in [5.41, 5.74) is 1.26.